The first-order chi connectivity index (χ1) is 13.4. The lowest BCUT2D eigenvalue weighted by atomic mass is 10.1. The van der Waals surface area contributed by atoms with Crippen LogP contribution in [0.3, 0.4) is 0 Å². The van der Waals surface area contributed by atoms with Crippen molar-refractivity contribution in [2.45, 2.75) is 25.7 Å². The highest BCUT2D eigenvalue weighted by Gasteiger charge is 2.18. The quantitative estimate of drug-likeness (QED) is 0.732. The Morgan fingerprint density at radius 2 is 1.70 bits per heavy atom. The number of pyridine rings is 1. The fourth-order valence-electron chi connectivity index (χ4n) is 3.35. The zero-order chi connectivity index (χ0) is 18.3. The molecule has 0 saturated carbocycles. The van der Waals surface area contributed by atoms with E-state index in [0.717, 1.165) is 61.7 Å². The maximum atomic E-state index is 6.14. The highest BCUT2D eigenvalue weighted by molar-refractivity contribution is 5.34. The zero-order valence-corrected chi connectivity index (χ0v) is 15.4. The van der Waals surface area contributed by atoms with Crippen LogP contribution in [0.25, 0.3) is 0 Å². The summed E-state index contributed by atoms with van der Waals surface area (Å²) in [6.07, 6.45) is 7.02. The normalized spacial score (nSPS) is 13.6. The van der Waals surface area contributed by atoms with Crippen molar-refractivity contribution >= 4 is 0 Å². The van der Waals surface area contributed by atoms with Gasteiger partial charge in [0.25, 0.3) is 0 Å². The van der Waals surface area contributed by atoms with Crippen LogP contribution in [0.5, 0.6) is 5.88 Å². The second kappa shape index (κ2) is 8.73. The molecule has 0 aliphatic carbocycles. The minimum atomic E-state index is 0.603. The lowest BCUT2D eigenvalue weighted by Gasteiger charge is -2.14. The van der Waals surface area contributed by atoms with Gasteiger partial charge in [0.05, 0.1) is 12.3 Å². The van der Waals surface area contributed by atoms with Crippen molar-refractivity contribution in [3.63, 3.8) is 0 Å². The maximum absolute atomic E-state index is 6.14. The summed E-state index contributed by atoms with van der Waals surface area (Å²) in [5.74, 6) is 1.59. The molecule has 1 aromatic carbocycles. The van der Waals surface area contributed by atoms with Crippen LogP contribution >= 0.6 is 0 Å². The van der Waals surface area contributed by atoms with Crippen LogP contribution in [0.4, 0.5) is 0 Å². The van der Waals surface area contributed by atoms with Gasteiger partial charge in [-0.15, -0.1) is 0 Å². The number of benzene rings is 1. The van der Waals surface area contributed by atoms with E-state index in [2.05, 4.69) is 34.6 Å². The molecule has 5 nitrogen and oxygen atoms in total. The Hall–Kier alpha value is -2.79. The van der Waals surface area contributed by atoms with E-state index >= 15 is 0 Å². The van der Waals surface area contributed by atoms with E-state index in [1.165, 1.54) is 11.1 Å². The molecule has 4 rings (SSSR count). The van der Waals surface area contributed by atoms with Crippen LogP contribution in [-0.4, -0.2) is 34.6 Å². The molecule has 0 radical (unpaired) electrons. The third-order valence-corrected chi connectivity index (χ3v) is 4.78. The molecule has 0 bridgehead atoms. The smallest absolute Gasteiger partial charge is 0.220 e. The van der Waals surface area contributed by atoms with Gasteiger partial charge in [-0.05, 0) is 36.2 Å². The summed E-state index contributed by atoms with van der Waals surface area (Å²) in [6.45, 7) is 2.49. The van der Waals surface area contributed by atoms with Gasteiger partial charge in [0.15, 0.2) is 0 Å². The van der Waals surface area contributed by atoms with Gasteiger partial charge in [-0.1, -0.05) is 30.3 Å². The molecule has 2 aromatic heterocycles. The third-order valence-electron chi connectivity index (χ3n) is 4.78. The molecule has 0 amide bonds. The van der Waals surface area contributed by atoms with Crippen LogP contribution in [0.2, 0.25) is 0 Å². The van der Waals surface area contributed by atoms with Crippen LogP contribution < -0.4 is 10.1 Å². The highest BCUT2D eigenvalue weighted by Crippen LogP contribution is 2.23. The average molecular weight is 360 g/mol. The van der Waals surface area contributed by atoms with Gasteiger partial charge in [-0.3, -0.25) is 4.98 Å². The predicted octanol–water partition coefficient (Wildman–Crippen LogP) is 2.77. The number of fused-ring (bicyclic) bond motifs is 1. The summed E-state index contributed by atoms with van der Waals surface area (Å²) in [6, 6.07) is 14.4. The van der Waals surface area contributed by atoms with Gasteiger partial charge < -0.3 is 10.1 Å². The Labute approximate surface area is 159 Å². The first-order valence-corrected chi connectivity index (χ1v) is 9.53. The fourth-order valence-corrected chi connectivity index (χ4v) is 3.35. The van der Waals surface area contributed by atoms with Gasteiger partial charge in [-0.2, -0.15) is 4.98 Å². The molecule has 3 aromatic rings. The van der Waals surface area contributed by atoms with E-state index in [0.29, 0.717) is 6.61 Å². The summed E-state index contributed by atoms with van der Waals surface area (Å²) < 4.78 is 6.14. The number of aromatic nitrogens is 3. The number of nitrogens with zero attached hydrogens (tertiary/aromatic N) is 3. The molecule has 1 aliphatic rings. The predicted molar refractivity (Wildman–Crippen MR) is 105 cm³/mol. The van der Waals surface area contributed by atoms with E-state index in [1.807, 2.05) is 30.6 Å². The summed E-state index contributed by atoms with van der Waals surface area (Å²) in [5.41, 5.74) is 4.72. The molecule has 0 unspecified atom stereocenters. The zero-order valence-electron chi connectivity index (χ0n) is 15.4. The topological polar surface area (TPSA) is 59.9 Å². The maximum Gasteiger partial charge on any atom is 0.220 e. The molecule has 5 heteroatoms. The molecule has 1 aliphatic heterocycles. The van der Waals surface area contributed by atoms with Gasteiger partial charge in [0.2, 0.25) is 5.88 Å². The number of ether oxygens (including phenoxy) is 1. The van der Waals surface area contributed by atoms with Crippen LogP contribution in [0.1, 0.15) is 28.2 Å². The number of hydrogen-bond acceptors (Lipinski definition) is 5. The Kier molecular flexibility index (Phi) is 5.70. The van der Waals surface area contributed by atoms with Crippen molar-refractivity contribution in [2.24, 2.45) is 0 Å². The van der Waals surface area contributed by atoms with Gasteiger partial charge in [-0.25, -0.2) is 4.98 Å². The largest absolute Gasteiger partial charge is 0.477 e. The molecular formula is C22H24N4O. The average Bonchev–Trinajstić information content (AvgIpc) is 2.95. The Morgan fingerprint density at radius 3 is 2.56 bits per heavy atom. The lowest BCUT2D eigenvalue weighted by Crippen LogP contribution is -2.16. The minimum absolute atomic E-state index is 0.603. The van der Waals surface area contributed by atoms with Crippen molar-refractivity contribution in [1.29, 1.82) is 0 Å². The summed E-state index contributed by atoms with van der Waals surface area (Å²) >= 11 is 0. The summed E-state index contributed by atoms with van der Waals surface area (Å²) in [5, 5.41) is 3.44. The molecular weight excluding hydrogens is 336 g/mol. The first-order valence-electron chi connectivity index (χ1n) is 9.53. The van der Waals surface area contributed by atoms with E-state index in [1.54, 1.807) is 0 Å². The van der Waals surface area contributed by atoms with Crippen molar-refractivity contribution in [2.75, 3.05) is 19.7 Å². The molecule has 0 saturated heterocycles. The summed E-state index contributed by atoms with van der Waals surface area (Å²) in [7, 11) is 0. The second-order valence-corrected chi connectivity index (χ2v) is 6.74. The number of hydrogen-bond donors (Lipinski definition) is 1. The van der Waals surface area contributed by atoms with Gasteiger partial charge in [0.1, 0.15) is 5.82 Å². The van der Waals surface area contributed by atoms with E-state index < -0.39 is 0 Å². The molecule has 138 valence electrons. The molecule has 27 heavy (non-hydrogen) atoms. The fraction of sp³-hybridized carbons (Fsp3) is 0.318. The molecule has 0 fully saturated rings. The monoisotopic (exact) mass is 360 g/mol. The Morgan fingerprint density at radius 1 is 0.889 bits per heavy atom. The van der Waals surface area contributed by atoms with Crippen molar-refractivity contribution < 1.29 is 4.74 Å². The Bertz CT molecular complexity index is 868. The van der Waals surface area contributed by atoms with Crippen LogP contribution in [0, 0.1) is 0 Å². The standard InChI is InChI=1S/C22H24N4O/c1-2-4-18(5-3-1)16-21-25-20-9-14-24-13-8-19(20)22(26-21)27-15-10-17-6-11-23-12-7-17/h1-7,11-12,24H,8-10,13-16H2. The van der Waals surface area contributed by atoms with E-state index in [9.17, 15) is 0 Å². The Balaban J connectivity index is 1.55. The highest BCUT2D eigenvalue weighted by atomic mass is 16.5. The van der Waals surface area contributed by atoms with Crippen LogP contribution in [0.15, 0.2) is 54.9 Å². The van der Waals surface area contributed by atoms with Gasteiger partial charge >= 0.3 is 0 Å². The molecule has 1 N–H and O–H groups in total. The molecule has 0 atom stereocenters. The molecule has 0 spiro atoms. The van der Waals surface area contributed by atoms with Crippen molar-refractivity contribution in [3.8, 4) is 5.88 Å². The SMILES string of the molecule is c1ccc(Cc2nc3c(c(OCCc4ccncc4)n2)CCNCC3)cc1. The number of rotatable bonds is 6. The minimum Gasteiger partial charge on any atom is -0.477 e. The van der Waals surface area contributed by atoms with Crippen LogP contribution in [-0.2, 0) is 25.7 Å². The second-order valence-electron chi connectivity index (χ2n) is 6.74. The number of nitrogens with one attached hydrogen (secondary N) is 1. The lowest BCUT2D eigenvalue weighted by molar-refractivity contribution is 0.303. The summed E-state index contributed by atoms with van der Waals surface area (Å²) in [4.78, 5) is 13.7. The first kappa shape index (κ1) is 17.6. The van der Waals surface area contributed by atoms with E-state index in [-0.39, 0.29) is 0 Å². The van der Waals surface area contributed by atoms with Crippen molar-refractivity contribution in [1.82, 2.24) is 20.3 Å². The third kappa shape index (κ3) is 4.68. The van der Waals surface area contributed by atoms with Crippen molar-refractivity contribution in [3.05, 3.63) is 83.1 Å². The molecule has 3 heterocycles. The van der Waals surface area contributed by atoms with Gasteiger partial charge in [0, 0.05) is 43.8 Å². The van der Waals surface area contributed by atoms with E-state index in [4.69, 9.17) is 14.7 Å².